The summed E-state index contributed by atoms with van der Waals surface area (Å²) in [5.41, 5.74) is 10.2. The van der Waals surface area contributed by atoms with Gasteiger partial charge in [-0.15, -0.1) is 0 Å². The van der Waals surface area contributed by atoms with E-state index in [1.807, 2.05) is 31.3 Å². The van der Waals surface area contributed by atoms with Crippen molar-refractivity contribution in [3.8, 4) is 22.3 Å². The minimum atomic E-state index is -0.0138. The molecule has 0 aliphatic rings. The fraction of sp³-hybridized carbons (Fsp3) is 0.0682. The smallest absolute Gasteiger partial charge is 0.0868 e. The Hall–Kier alpha value is -5.97. The number of allylic oxidation sites excluding steroid dienone is 1. The van der Waals surface area contributed by atoms with E-state index in [2.05, 4.69) is 150 Å². The van der Waals surface area contributed by atoms with E-state index >= 15 is 0 Å². The van der Waals surface area contributed by atoms with Gasteiger partial charge in [0.05, 0.1) is 17.1 Å². The maximum Gasteiger partial charge on any atom is 0.0868 e. The quantitative estimate of drug-likeness (QED) is 0.0955. The first kappa shape index (κ1) is 30.7. The lowest BCUT2D eigenvalue weighted by atomic mass is 9.88. The molecule has 0 amide bonds. The van der Waals surface area contributed by atoms with Crippen LogP contribution in [0.4, 0.5) is 11.4 Å². The van der Waals surface area contributed by atoms with Crippen molar-refractivity contribution in [2.45, 2.75) is 5.92 Å². The van der Waals surface area contributed by atoms with Gasteiger partial charge >= 0.3 is 0 Å². The maximum atomic E-state index is 10.1. The van der Waals surface area contributed by atoms with E-state index in [1.54, 1.807) is 7.05 Å². The number of hydroxylamine groups is 1. The lowest BCUT2D eigenvalue weighted by molar-refractivity contribution is 0.280. The number of hydrogen-bond donors (Lipinski definition) is 2. The van der Waals surface area contributed by atoms with E-state index < -0.39 is 0 Å². The monoisotopic (exact) mass is 623 g/mol. The first-order chi connectivity index (χ1) is 23.5. The molecule has 0 spiro atoms. The third-order valence-corrected chi connectivity index (χ3v) is 9.13. The van der Waals surface area contributed by atoms with E-state index in [0.29, 0.717) is 5.69 Å². The Kier molecular flexibility index (Phi) is 8.57. The van der Waals surface area contributed by atoms with Crippen molar-refractivity contribution >= 4 is 45.3 Å². The van der Waals surface area contributed by atoms with Gasteiger partial charge in [-0.25, -0.2) is 0 Å². The van der Waals surface area contributed by atoms with Crippen molar-refractivity contribution in [3.63, 3.8) is 0 Å². The third-order valence-electron chi connectivity index (χ3n) is 9.13. The summed E-state index contributed by atoms with van der Waals surface area (Å²) in [6.07, 6.45) is 2.20. The highest BCUT2D eigenvalue weighted by molar-refractivity contribution is 6.08. The first-order valence-corrected chi connectivity index (χ1v) is 16.1. The molecule has 0 heterocycles. The molecular weight excluding hydrogens is 587 g/mol. The maximum absolute atomic E-state index is 10.1. The molecule has 7 aromatic carbocycles. The summed E-state index contributed by atoms with van der Waals surface area (Å²) in [6.45, 7) is 3.95. The molecule has 2 N–H and O–H groups in total. The minimum Gasteiger partial charge on any atom is -0.386 e. The standard InChI is InChI=1S/C44H37N3O/c1-45-42-26-24-37(28-44(42)47(3)48)31-15-20-35(21-16-31)43(46-2)29-41(32-9-5-4-6-10-32)34-17-13-30(14-18-34)36-23-25-40-38(27-36)22-19-33-11-7-8-12-39(33)40/h4-29,41,45,48H,2H2,1,3H3/b43-29-. The summed E-state index contributed by atoms with van der Waals surface area (Å²) in [7, 11) is 3.47. The van der Waals surface area contributed by atoms with Crippen molar-refractivity contribution in [1.82, 2.24) is 0 Å². The van der Waals surface area contributed by atoms with Gasteiger partial charge in [-0.05, 0) is 91.5 Å². The van der Waals surface area contributed by atoms with Crippen LogP contribution in [0.25, 0.3) is 49.5 Å². The average molecular weight is 624 g/mol. The molecule has 0 fully saturated rings. The summed E-state index contributed by atoms with van der Waals surface area (Å²) in [4.78, 5) is 4.49. The van der Waals surface area contributed by atoms with Crippen LogP contribution in [0.5, 0.6) is 0 Å². The van der Waals surface area contributed by atoms with Crippen LogP contribution < -0.4 is 10.4 Å². The van der Waals surface area contributed by atoms with Gasteiger partial charge in [0.1, 0.15) is 0 Å². The molecule has 0 bridgehead atoms. The normalized spacial score (nSPS) is 12.2. The van der Waals surface area contributed by atoms with E-state index in [9.17, 15) is 5.21 Å². The van der Waals surface area contributed by atoms with Crippen LogP contribution in [0.1, 0.15) is 22.6 Å². The lowest BCUT2D eigenvalue weighted by Gasteiger charge is -2.17. The number of benzene rings is 7. The zero-order valence-electron chi connectivity index (χ0n) is 27.1. The number of nitrogens with zero attached hydrogens (tertiary/aromatic N) is 2. The van der Waals surface area contributed by atoms with Gasteiger partial charge in [0.15, 0.2) is 0 Å². The predicted molar refractivity (Wildman–Crippen MR) is 204 cm³/mol. The van der Waals surface area contributed by atoms with E-state index in [0.717, 1.165) is 33.1 Å². The number of rotatable bonds is 9. The Morgan fingerprint density at radius 1 is 0.646 bits per heavy atom. The second-order valence-corrected chi connectivity index (χ2v) is 12.0. The molecule has 7 aromatic rings. The Morgan fingerprint density at radius 2 is 1.23 bits per heavy atom. The molecule has 0 aliphatic heterocycles. The van der Waals surface area contributed by atoms with Gasteiger partial charge in [0.2, 0.25) is 0 Å². The van der Waals surface area contributed by atoms with Crippen LogP contribution >= 0.6 is 0 Å². The molecule has 4 nitrogen and oxygen atoms in total. The minimum absolute atomic E-state index is 0.0138. The largest absolute Gasteiger partial charge is 0.386 e. The molecule has 0 aliphatic carbocycles. The molecule has 0 radical (unpaired) electrons. The van der Waals surface area contributed by atoms with Crippen LogP contribution in [0.2, 0.25) is 0 Å². The van der Waals surface area contributed by atoms with Gasteiger partial charge < -0.3 is 5.32 Å². The molecule has 0 saturated carbocycles. The second-order valence-electron chi connectivity index (χ2n) is 12.0. The van der Waals surface area contributed by atoms with E-state index in [4.69, 9.17) is 0 Å². The molecule has 48 heavy (non-hydrogen) atoms. The topological polar surface area (TPSA) is 47.9 Å². The number of nitrogens with one attached hydrogen (secondary N) is 1. The summed E-state index contributed by atoms with van der Waals surface area (Å²) in [5, 5.41) is 19.4. The molecule has 1 unspecified atom stereocenters. The van der Waals surface area contributed by atoms with Crippen molar-refractivity contribution in [1.29, 1.82) is 0 Å². The van der Waals surface area contributed by atoms with Gasteiger partial charge in [-0.2, -0.15) is 0 Å². The highest BCUT2D eigenvalue weighted by Gasteiger charge is 2.15. The van der Waals surface area contributed by atoms with Gasteiger partial charge in [0.25, 0.3) is 0 Å². The SMILES string of the molecule is C=N/C(=C\C(c1ccccc1)c1ccc(-c2ccc3c(ccc4ccccc43)c2)cc1)c1ccc(-c2ccc(NC)c(N(C)O)c2)cc1. The fourth-order valence-corrected chi connectivity index (χ4v) is 6.54. The molecule has 0 aromatic heterocycles. The Balaban J connectivity index is 1.20. The van der Waals surface area contributed by atoms with Crippen LogP contribution in [0.3, 0.4) is 0 Å². The molecule has 0 saturated heterocycles. The zero-order valence-corrected chi connectivity index (χ0v) is 27.1. The molecule has 1 atom stereocenters. The van der Waals surface area contributed by atoms with E-state index in [-0.39, 0.29) is 5.92 Å². The van der Waals surface area contributed by atoms with Crippen LogP contribution in [-0.4, -0.2) is 26.0 Å². The van der Waals surface area contributed by atoms with E-state index in [1.165, 1.54) is 43.8 Å². The van der Waals surface area contributed by atoms with Gasteiger partial charge in [-0.1, -0.05) is 133 Å². The number of anilines is 2. The van der Waals surface area contributed by atoms with Crippen LogP contribution in [0, 0.1) is 0 Å². The summed E-state index contributed by atoms with van der Waals surface area (Å²) >= 11 is 0. The van der Waals surface area contributed by atoms with Crippen molar-refractivity contribution in [3.05, 3.63) is 174 Å². The van der Waals surface area contributed by atoms with Crippen molar-refractivity contribution in [2.24, 2.45) is 4.99 Å². The Bertz CT molecular complexity index is 2250. The van der Waals surface area contributed by atoms with Crippen molar-refractivity contribution in [2.75, 3.05) is 24.5 Å². The van der Waals surface area contributed by atoms with Crippen LogP contribution in [0.15, 0.2) is 163 Å². The zero-order chi connectivity index (χ0) is 33.0. The summed E-state index contributed by atoms with van der Waals surface area (Å²) in [5.74, 6) is -0.0138. The first-order valence-electron chi connectivity index (χ1n) is 16.1. The molecule has 4 heteroatoms. The molecule has 7 rings (SSSR count). The van der Waals surface area contributed by atoms with Crippen molar-refractivity contribution < 1.29 is 5.21 Å². The second kappa shape index (κ2) is 13.4. The average Bonchev–Trinajstić information content (AvgIpc) is 3.15. The number of hydrogen-bond acceptors (Lipinski definition) is 4. The third kappa shape index (κ3) is 6.09. The summed E-state index contributed by atoms with van der Waals surface area (Å²) in [6, 6.07) is 53.5. The molecular formula is C44H37N3O. The fourth-order valence-electron chi connectivity index (χ4n) is 6.54. The Labute approximate surface area is 281 Å². The highest BCUT2D eigenvalue weighted by Crippen LogP contribution is 2.35. The summed E-state index contributed by atoms with van der Waals surface area (Å²) < 4.78 is 0. The van der Waals surface area contributed by atoms with Gasteiger partial charge in [0, 0.05) is 20.0 Å². The predicted octanol–water partition coefficient (Wildman–Crippen LogP) is 11.1. The molecule has 234 valence electrons. The Morgan fingerprint density at radius 3 is 1.94 bits per heavy atom. The lowest BCUT2D eigenvalue weighted by Crippen LogP contribution is -2.12. The highest BCUT2D eigenvalue weighted by atomic mass is 16.5. The number of aliphatic imine (C=N–C) groups is 1. The number of fused-ring (bicyclic) bond motifs is 3. The van der Waals surface area contributed by atoms with Gasteiger partial charge in [-0.3, -0.25) is 15.3 Å². The van der Waals surface area contributed by atoms with Crippen LogP contribution in [-0.2, 0) is 0 Å².